The van der Waals surface area contributed by atoms with E-state index >= 15 is 0 Å². The molecule has 0 aliphatic carbocycles. The molecule has 0 rings (SSSR count). The first-order chi connectivity index (χ1) is 7.81. The number of hydrogen-bond donors (Lipinski definition) is 2. The van der Waals surface area contributed by atoms with Crippen molar-refractivity contribution in [2.75, 3.05) is 20.2 Å². The maximum Gasteiger partial charge on any atom is 0.309 e. The number of aliphatic carboxylic acids is 1. The lowest BCUT2D eigenvalue weighted by atomic mass is 9.89. The third kappa shape index (κ3) is 6.26. The summed E-state index contributed by atoms with van der Waals surface area (Å²) in [5.74, 6) is -1.11. The third-order valence-electron chi connectivity index (χ3n) is 2.75. The van der Waals surface area contributed by atoms with Crippen molar-refractivity contribution >= 4 is 11.9 Å². The van der Waals surface area contributed by atoms with Crippen LogP contribution in [0.1, 0.15) is 39.5 Å². The van der Waals surface area contributed by atoms with Crippen molar-refractivity contribution in [1.29, 1.82) is 0 Å². The first-order valence-electron chi connectivity index (χ1n) is 5.89. The highest BCUT2D eigenvalue weighted by Gasteiger charge is 2.31. The number of unbranched alkanes of at least 4 members (excludes halogenated alkanes) is 2. The molecule has 0 heterocycles. The van der Waals surface area contributed by atoms with E-state index in [1.54, 1.807) is 25.8 Å². The molecule has 5 heteroatoms. The lowest BCUT2D eigenvalue weighted by molar-refractivity contribution is -0.151. The van der Waals surface area contributed by atoms with Crippen molar-refractivity contribution in [1.82, 2.24) is 4.90 Å². The highest BCUT2D eigenvalue weighted by Crippen LogP contribution is 2.21. The summed E-state index contributed by atoms with van der Waals surface area (Å²) in [6.07, 6.45) is 2.45. The smallest absolute Gasteiger partial charge is 0.309 e. The third-order valence-corrected chi connectivity index (χ3v) is 2.75. The molecule has 0 spiro atoms. The Balaban J connectivity index is 4.01. The summed E-state index contributed by atoms with van der Waals surface area (Å²) in [5, 5.41) is 17.5. The van der Waals surface area contributed by atoms with Crippen LogP contribution in [0.3, 0.4) is 0 Å². The number of carboxylic acids is 1. The van der Waals surface area contributed by atoms with E-state index in [9.17, 15) is 9.59 Å². The summed E-state index contributed by atoms with van der Waals surface area (Å²) in [4.78, 5) is 24.2. The van der Waals surface area contributed by atoms with E-state index in [1.165, 1.54) is 0 Å². The number of amides is 1. The summed E-state index contributed by atoms with van der Waals surface area (Å²) >= 11 is 0. The standard InChI is InChI=1S/C12H23NO4/c1-12(2,11(16)17)9-10(15)13(3)7-5-4-6-8-14/h14H,4-9H2,1-3H3,(H,16,17). The number of rotatable bonds is 8. The quantitative estimate of drug-likeness (QED) is 0.628. The topological polar surface area (TPSA) is 77.8 Å². The molecular formula is C12H23NO4. The maximum absolute atomic E-state index is 11.7. The van der Waals surface area contributed by atoms with Crippen molar-refractivity contribution in [3.05, 3.63) is 0 Å². The molecule has 17 heavy (non-hydrogen) atoms. The molecule has 0 aromatic carbocycles. The van der Waals surface area contributed by atoms with Gasteiger partial charge in [0.1, 0.15) is 0 Å². The van der Waals surface area contributed by atoms with Gasteiger partial charge in [-0.2, -0.15) is 0 Å². The molecule has 0 aromatic heterocycles. The van der Waals surface area contributed by atoms with Gasteiger partial charge in [0.15, 0.2) is 0 Å². The largest absolute Gasteiger partial charge is 0.481 e. The van der Waals surface area contributed by atoms with Gasteiger partial charge in [-0.1, -0.05) is 0 Å². The van der Waals surface area contributed by atoms with Crippen LogP contribution in [0, 0.1) is 5.41 Å². The SMILES string of the molecule is CN(CCCCCO)C(=O)CC(C)(C)C(=O)O. The van der Waals surface area contributed by atoms with Crippen LogP contribution in [0.5, 0.6) is 0 Å². The molecule has 0 bridgehead atoms. The Morgan fingerprint density at radius 1 is 1.18 bits per heavy atom. The van der Waals surface area contributed by atoms with Gasteiger partial charge in [-0.15, -0.1) is 0 Å². The van der Waals surface area contributed by atoms with Crippen LogP contribution in [0.25, 0.3) is 0 Å². The zero-order chi connectivity index (χ0) is 13.5. The Bertz CT molecular complexity index is 263. The molecule has 0 aliphatic rings. The second kappa shape index (κ2) is 7.27. The monoisotopic (exact) mass is 245 g/mol. The first kappa shape index (κ1) is 15.9. The van der Waals surface area contributed by atoms with E-state index in [2.05, 4.69) is 0 Å². The Hall–Kier alpha value is -1.10. The van der Waals surface area contributed by atoms with Crippen LogP contribution in [0.15, 0.2) is 0 Å². The number of carbonyl (C=O) groups excluding carboxylic acids is 1. The Labute approximate surface area is 102 Å². The first-order valence-corrected chi connectivity index (χ1v) is 5.89. The fourth-order valence-electron chi connectivity index (χ4n) is 1.35. The van der Waals surface area contributed by atoms with E-state index in [4.69, 9.17) is 10.2 Å². The minimum absolute atomic E-state index is 0.0127. The van der Waals surface area contributed by atoms with Crippen molar-refractivity contribution in [3.8, 4) is 0 Å². The van der Waals surface area contributed by atoms with Gasteiger partial charge >= 0.3 is 5.97 Å². The molecule has 0 atom stereocenters. The van der Waals surface area contributed by atoms with Crippen LogP contribution < -0.4 is 0 Å². The predicted molar refractivity (Wildman–Crippen MR) is 64.6 cm³/mol. The summed E-state index contributed by atoms with van der Waals surface area (Å²) in [7, 11) is 1.68. The molecule has 0 unspecified atom stereocenters. The van der Waals surface area contributed by atoms with Gasteiger partial charge in [-0.25, -0.2) is 0 Å². The second-order valence-corrected chi connectivity index (χ2v) is 4.97. The average Bonchev–Trinajstić information content (AvgIpc) is 2.23. The number of carbonyl (C=O) groups is 2. The van der Waals surface area contributed by atoms with E-state index in [1.807, 2.05) is 0 Å². The lowest BCUT2D eigenvalue weighted by Crippen LogP contribution is -2.35. The summed E-state index contributed by atoms with van der Waals surface area (Å²) < 4.78 is 0. The molecule has 0 aromatic rings. The fourth-order valence-corrected chi connectivity index (χ4v) is 1.35. The van der Waals surface area contributed by atoms with E-state index in [0.717, 1.165) is 19.3 Å². The highest BCUT2D eigenvalue weighted by atomic mass is 16.4. The van der Waals surface area contributed by atoms with Gasteiger partial charge in [-0.3, -0.25) is 9.59 Å². The minimum atomic E-state index is -1.02. The van der Waals surface area contributed by atoms with Gasteiger partial charge in [0, 0.05) is 26.6 Å². The second-order valence-electron chi connectivity index (χ2n) is 4.97. The molecule has 0 saturated carbocycles. The lowest BCUT2D eigenvalue weighted by Gasteiger charge is -2.23. The number of carboxylic acid groups (broad SMARTS) is 1. The maximum atomic E-state index is 11.7. The Morgan fingerprint density at radius 3 is 2.24 bits per heavy atom. The molecular weight excluding hydrogens is 222 g/mol. The van der Waals surface area contributed by atoms with E-state index in [-0.39, 0.29) is 18.9 Å². The van der Waals surface area contributed by atoms with Gasteiger partial charge in [-0.05, 0) is 33.1 Å². The van der Waals surface area contributed by atoms with Crippen LogP contribution >= 0.6 is 0 Å². The number of hydrogen-bond acceptors (Lipinski definition) is 3. The van der Waals surface area contributed by atoms with Crippen molar-refractivity contribution in [2.24, 2.45) is 5.41 Å². The molecule has 5 nitrogen and oxygen atoms in total. The zero-order valence-electron chi connectivity index (χ0n) is 10.9. The summed E-state index contributed by atoms with van der Waals surface area (Å²) in [6.45, 7) is 3.87. The van der Waals surface area contributed by atoms with E-state index < -0.39 is 11.4 Å². The average molecular weight is 245 g/mol. The summed E-state index contributed by atoms with van der Waals surface area (Å²) in [5.41, 5.74) is -1.02. The molecule has 0 radical (unpaired) electrons. The number of nitrogens with zero attached hydrogens (tertiary/aromatic N) is 1. The van der Waals surface area contributed by atoms with Crippen LogP contribution in [-0.4, -0.2) is 47.2 Å². The molecule has 1 amide bonds. The van der Waals surface area contributed by atoms with Crippen molar-refractivity contribution in [2.45, 2.75) is 39.5 Å². The molecule has 0 fully saturated rings. The van der Waals surface area contributed by atoms with Crippen LogP contribution in [-0.2, 0) is 9.59 Å². The van der Waals surface area contributed by atoms with Gasteiger partial charge < -0.3 is 15.1 Å². The summed E-state index contributed by atoms with van der Waals surface area (Å²) in [6, 6.07) is 0. The molecule has 2 N–H and O–H groups in total. The number of aliphatic hydroxyl groups is 1. The van der Waals surface area contributed by atoms with Gasteiger partial charge in [0.05, 0.1) is 5.41 Å². The van der Waals surface area contributed by atoms with Gasteiger partial charge in [0.25, 0.3) is 0 Å². The number of aliphatic hydroxyl groups excluding tert-OH is 1. The van der Waals surface area contributed by atoms with Crippen molar-refractivity contribution < 1.29 is 19.8 Å². The van der Waals surface area contributed by atoms with Gasteiger partial charge in [0.2, 0.25) is 5.91 Å². The van der Waals surface area contributed by atoms with Crippen LogP contribution in [0.4, 0.5) is 0 Å². The fraction of sp³-hybridized carbons (Fsp3) is 0.833. The molecule has 100 valence electrons. The van der Waals surface area contributed by atoms with Crippen LogP contribution in [0.2, 0.25) is 0 Å². The molecule has 0 aliphatic heterocycles. The Morgan fingerprint density at radius 2 is 1.76 bits per heavy atom. The Kier molecular flexibility index (Phi) is 6.80. The van der Waals surface area contributed by atoms with E-state index in [0.29, 0.717) is 6.54 Å². The highest BCUT2D eigenvalue weighted by molar-refractivity contribution is 5.84. The normalized spacial score (nSPS) is 11.3. The predicted octanol–water partition coefficient (Wildman–Crippen LogP) is 1.11. The minimum Gasteiger partial charge on any atom is -0.481 e. The molecule has 0 saturated heterocycles. The van der Waals surface area contributed by atoms with Crippen molar-refractivity contribution in [3.63, 3.8) is 0 Å². The zero-order valence-corrected chi connectivity index (χ0v) is 10.9.